The van der Waals surface area contributed by atoms with Crippen molar-refractivity contribution in [3.63, 3.8) is 0 Å². The molecule has 1 aliphatic heterocycles. The summed E-state index contributed by atoms with van der Waals surface area (Å²) in [5, 5.41) is 0.665. The van der Waals surface area contributed by atoms with E-state index in [2.05, 4.69) is 0 Å². The fraction of sp³-hybridized carbons (Fsp3) is 0.320. The first-order chi connectivity index (χ1) is 15.3. The van der Waals surface area contributed by atoms with Gasteiger partial charge in [-0.05, 0) is 60.7 Å². The number of ketones is 1. The number of rotatable bonds is 6. The van der Waals surface area contributed by atoms with Crippen molar-refractivity contribution >= 4 is 38.7 Å². The third kappa shape index (κ3) is 4.42. The molecule has 0 unspecified atom stereocenters. The second-order valence-electron chi connectivity index (χ2n) is 8.03. The molecule has 2 heterocycles. The number of hydrogen-bond acceptors (Lipinski definition) is 4. The van der Waals surface area contributed by atoms with Crippen molar-refractivity contribution < 1.29 is 13.2 Å². The number of carbonyl (C=O) groups is 1. The van der Waals surface area contributed by atoms with E-state index in [1.807, 2.05) is 50.2 Å². The molecule has 2 aromatic carbocycles. The molecule has 1 aromatic heterocycles. The number of Topliss-reactive ketones (excluding diaryl/α,β-unsaturated/α-hetero) is 1. The molecule has 7 heteroatoms. The van der Waals surface area contributed by atoms with Gasteiger partial charge in [0.15, 0.2) is 5.78 Å². The van der Waals surface area contributed by atoms with Crippen molar-refractivity contribution in [2.24, 2.45) is 0 Å². The van der Waals surface area contributed by atoms with Gasteiger partial charge in [-0.15, -0.1) is 11.3 Å². The highest BCUT2D eigenvalue weighted by Crippen LogP contribution is 2.43. The molecule has 32 heavy (non-hydrogen) atoms. The van der Waals surface area contributed by atoms with Gasteiger partial charge in [0, 0.05) is 35.0 Å². The van der Waals surface area contributed by atoms with E-state index in [0.29, 0.717) is 34.3 Å². The molecule has 4 rings (SSSR count). The van der Waals surface area contributed by atoms with Crippen LogP contribution in [-0.2, 0) is 10.0 Å². The molecule has 0 atom stereocenters. The minimum absolute atomic E-state index is 0.0818. The van der Waals surface area contributed by atoms with E-state index in [4.69, 9.17) is 11.6 Å². The quantitative estimate of drug-likeness (QED) is 0.359. The fourth-order valence-corrected chi connectivity index (χ4v) is 7.13. The van der Waals surface area contributed by atoms with Gasteiger partial charge in [0.2, 0.25) is 10.0 Å². The van der Waals surface area contributed by atoms with E-state index in [-0.39, 0.29) is 5.78 Å². The fourth-order valence-electron chi connectivity index (χ4n) is 4.14. The van der Waals surface area contributed by atoms with Crippen molar-refractivity contribution in [2.45, 2.75) is 44.4 Å². The number of benzene rings is 2. The summed E-state index contributed by atoms with van der Waals surface area (Å²) in [5.74, 6) is 0.0818. The van der Waals surface area contributed by atoms with Crippen LogP contribution in [0, 0.1) is 6.92 Å². The molecule has 0 amide bonds. The molecular weight excluding hydrogens is 462 g/mol. The number of hydrogen-bond donors (Lipinski definition) is 0. The zero-order valence-electron chi connectivity index (χ0n) is 18.2. The monoisotopic (exact) mass is 487 g/mol. The zero-order chi connectivity index (χ0) is 22.9. The van der Waals surface area contributed by atoms with Crippen LogP contribution in [0.3, 0.4) is 0 Å². The van der Waals surface area contributed by atoms with E-state index in [0.717, 1.165) is 46.4 Å². The first-order valence-electron chi connectivity index (χ1n) is 10.9. The van der Waals surface area contributed by atoms with Gasteiger partial charge in [0.25, 0.3) is 0 Å². The van der Waals surface area contributed by atoms with Crippen molar-refractivity contribution in [1.82, 2.24) is 4.31 Å². The molecule has 0 aliphatic carbocycles. The maximum Gasteiger partial charge on any atom is 0.243 e. The lowest BCUT2D eigenvalue weighted by molar-refractivity contribution is 0.0992. The minimum atomic E-state index is -3.49. The van der Waals surface area contributed by atoms with Crippen LogP contribution in [0.25, 0.3) is 21.6 Å². The number of sulfonamides is 1. The highest BCUT2D eigenvalue weighted by Gasteiger charge is 2.27. The third-order valence-electron chi connectivity index (χ3n) is 5.92. The third-order valence-corrected chi connectivity index (χ3v) is 9.47. The van der Waals surface area contributed by atoms with Gasteiger partial charge in [-0.2, -0.15) is 4.31 Å². The Balaban J connectivity index is 1.75. The first-order valence-corrected chi connectivity index (χ1v) is 13.5. The van der Waals surface area contributed by atoms with Crippen LogP contribution in [0.2, 0.25) is 5.02 Å². The molecule has 4 nitrogen and oxygen atoms in total. The van der Waals surface area contributed by atoms with E-state index in [1.165, 1.54) is 11.3 Å². The van der Waals surface area contributed by atoms with Crippen molar-refractivity contribution in [2.75, 3.05) is 13.1 Å². The zero-order valence-corrected chi connectivity index (χ0v) is 20.6. The lowest BCUT2D eigenvalue weighted by Gasteiger charge is -2.25. The largest absolute Gasteiger partial charge is 0.293 e. The summed E-state index contributed by atoms with van der Waals surface area (Å²) >= 11 is 7.53. The number of thiophene rings is 1. The van der Waals surface area contributed by atoms with Crippen LogP contribution < -0.4 is 0 Å². The Kier molecular flexibility index (Phi) is 6.86. The Morgan fingerprint density at radius 1 is 0.969 bits per heavy atom. The summed E-state index contributed by atoms with van der Waals surface area (Å²) in [6, 6.07) is 14.6. The molecule has 0 spiro atoms. The van der Waals surface area contributed by atoms with Crippen LogP contribution in [0.15, 0.2) is 53.4 Å². The summed E-state index contributed by atoms with van der Waals surface area (Å²) in [6.07, 6.45) is 3.30. The maximum atomic E-state index is 13.0. The van der Waals surface area contributed by atoms with Crippen molar-refractivity contribution in [3.05, 3.63) is 64.0 Å². The summed E-state index contributed by atoms with van der Waals surface area (Å²) in [5.41, 5.74) is 3.76. The van der Waals surface area contributed by atoms with Crippen molar-refractivity contribution in [1.29, 1.82) is 0 Å². The molecule has 0 saturated carbocycles. The minimum Gasteiger partial charge on any atom is -0.293 e. The molecule has 1 saturated heterocycles. The highest BCUT2D eigenvalue weighted by atomic mass is 35.5. The first kappa shape index (κ1) is 23.2. The van der Waals surface area contributed by atoms with Crippen LogP contribution in [0.4, 0.5) is 0 Å². The molecule has 0 N–H and O–H groups in total. The summed E-state index contributed by atoms with van der Waals surface area (Å²) < 4.78 is 27.6. The number of carbonyl (C=O) groups excluding carboxylic acids is 1. The lowest BCUT2D eigenvalue weighted by atomic mass is 9.97. The van der Waals surface area contributed by atoms with Crippen LogP contribution in [0.5, 0.6) is 0 Å². The Bertz CT molecular complexity index is 1220. The SMILES string of the molecule is CCC(=O)c1sc(-c2ccc(Cl)cc2)c(C)c1-c1ccc(S(=O)(=O)N2CCCCC2)cc1. The molecule has 1 aliphatic rings. The average molecular weight is 488 g/mol. The van der Waals surface area contributed by atoms with Crippen LogP contribution >= 0.6 is 22.9 Å². The van der Waals surface area contributed by atoms with Gasteiger partial charge < -0.3 is 0 Å². The number of piperidine rings is 1. The van der Waals surface area contributed by atoms with Crippen LogP contribution in [0.1, 0.15) is 47.8 Å². The van der Waals surface area contributed by atoms with Crippen molar-refractivity contribution in [3.8, 4) is 21.6 Å². The van der Waals surface area contributed by atoms with Gasteiger partial charge in [-0.3, -0.25) is 4.79 Å². The van der Waals surface area contributed by atoms with E-state index in [9.17, 15) is 13.2 Å². The summed E-state index contributed by atoms with van der Waals surface area (Å²) in [4.78, 5) is 14.8. The smallest absolute Gasteiger partial charge is 0.243 e. The summed E-state index contributed by atoms with van der Waals surface area (Å²) in [7, 11) is -3.49. The maximum absolute atomic E-state index is 13.0. The molecule has 0 bridgehead atoms. The second-order valence-corrected chi connectivity index (χ2v) is 11.4. The highest BCUT2D eigenvalue weighted by molar-refractivity contribution is 7.89. The van der Waals surface area contributed by atoms with Gasteiger partial charge in [-0.25, -0.2) is 8.42 Å². The summed E-state index contributed by atoms with van der Waals surface area (Å²) in [6.45, 7) is 5.03. The van der Waals surface area contributed by atoms with Gasteiger partial charge in [-0.1, -0.05) is 49.2 Å². The predicted octanol–water partition coefficient (Wildman–Crippen LogP) is 6.81. The lowest BCUT2D eigenvalue weighted by Crippen LogP contribution is -2.35. The standard InChI is InChI=1S/C25H26ClNO3S2/c1-3-22(28)25-23(17(2)24(31-25)19-7-11-20(26)12-8-19)18-9-13-21(14-10-18)32(29,30)27-15-5-4-6-16-27/h7-14H,3-6,15-16H2,1-2H3. The van der Waals surface area contributed by atoms with E-state index < -0.39 is 10.0 Å². The molecule has 168 valence electrons. The topological polar surface area (TPSA) is 54.5 Å². The molecular formula is C25H26ClNO3S2. The van der Waals surface area contributed by atoms with Gasteiger partial charge in [0.1, 0.15) is 0 Å². The number of halogens is 1. The second kappa shape index (κ2) is 9.48. The Hall–Kier alpha value is -1.99. The molecule has 1 fully saturated rings. The molecule has 0 radical (unpaired) electrons. The van der Waals surface area contributed by atoms with E-state index >= 15 is 0 Å². The Labute approximate surface area is 198 Å². The Morgan fingerprint density at radius 2 is 1.56 bits per heavy atom. The van der Waals surface area contributed by atoms with E-state index in [1.54, 1.807) is 16.4 Å². The van der Waals surface area contributed by atoms with Crippen LogP contribution in [-0.4, -0.2) is 31.6 Å². The predicted molar refractivity (Wildman–Crippen MR) is 132 cm³/mol. The molecule has 3 aromatic rings. The van der Waals surface area contributed by atoms with Gasteiger partial charge in [0.05, 0.1) is 9.77 Å². The number of nitrogens with zero attached hydrogens (tertiary/aromatic N) is 1. The van der Waals surface area contributed by atoms with Gasteiger partial charge >= 0.3 is 0 Å². The Morgan fingerprint density at radius 3 is 2.16 bits per heavy atom. The average Bonchev–Trinajstić information content (AvgIpc) is 3.16. The normalized spacial score (nSPS) is 15.1.